The zero-order chi connectivity index (χ0) is 10.1. The van der Waals surface area contributed by atoms with Crippen molar-refractivity contribution in [3.63, 3.8) is 0 Å². The highest BCUT2D eigenvalue weighted by Gasteiger charge is 2.35. The lowest BCUT2D eigenvalue weighted by atomic mass is 10.1. The van der Waals surface area contributed by atoms with Crippen LogP contribution in [0.1, 0.15) is 0 Å². The summed E-state index contributed by atoms with van der Waals surface area (Å²) in [6, 6.07) is 0.266. The lowest BCUT2D eigenvalue weighted by Crippen LogP contribution is -2.60. The van der Waals surface area contributed by atoms with Gasteiger partial charge in [0.2, 0.25) is 10.0 Å². The fourth-order valence-electron chi connectivity index (χ4n) is 1.31. The fraction of sp³-hybridized carbons (Fsp3) is 1.00. The second kappa shape index (κ2) is 3.91. The first-order valence-corrected chi connectivity index (χ1v) is 6.06. The van der Waals surface area contributed by atoms with Crippen LogP contribution in [0.15, 0.2) is 0 Å². The van der Waals surface area contributed by atoms with Gasteiger partial charge in [-0.2, -0.15) is 4.31 Å². The Labute approximate surface area is 79.0 Å². The standard InChI is InChI=1S/C7H16N2O3S/c1-8(3-4-10)7-5-9(6-7)13(2,11)12/h7,10H,3-6H2,1-2H3. The number of aliphatic hydroxyl groups excluding tert-OH is 1. The Bertz CT molecular complexity index is 259. The van der Waals surface area contributed by atoms with Crippen molar-refractivity contribution >= 4 is 10.0 Å². The third-order valence-corrected chi connectivity index (χ3v) is 3.61. The van der Waals surface area contributed by atoms with Crippen molar-refractivity contribution in [3.05, 3.63) is 0 Å². The van der Waals surface area contributed by atoms with Crippen LogP contribution in [0.4, 0.5) is 0 Å². The van der Waals surface area contributed by atoms with Crippen LogP contribution >= 0.6 is 0 Å². The SMILES string of the molecule is CN(CCO)C1CN(S(C)(=O)=O)C1. The van der Waals surface area contributed by atoms with Gasteiger partial charge in [-0.25, -0.2) is 8.42 Å². The Balaban J connectivity index is 2.33. The average Bonchev–Trinajstić information content (AvgIpc) is 1.79. The third kappa shape index (κ3) is 2.63. The van der Waals surface area contributed by atoms with Crippen LogP contribution in [0.3, 0.4) is 0 Å². The number of hydrogen-bond acceptors (Lipinski definition) is 4. The summed E-state index contributed by atoms with van der Waals surface area (Å²) < 4.78 is 23.4. The third-order valence-electron chi connectivity index (χ3n) is 2.37. The molecule has 1 aliphatic heterocycles. The topological polar surface area (TPSA) is 60.9 Å². The molecule has 0 atom stereocenters. The van der Waals surface area contributed by atoms with E-state index in [1.807, 2.05) is 11.9 Å². The van der Waals surface area contributed by atoms with Crippen LogP contribution in [0, 0.1) is 0 Å². The zero-order valence-electron chi connectivity index (χ0n) is 7.97. The molecule has 0 aliphatic carbocycles. The van der Waals surface area contributed by atoms with Gasteiger partial charge in [0.1, 0.15) is 0 Å². The minimum absolute atomic E-state index is 0.117. The van der Waals surface area contributed by atoms with Gasteiger partial charge in [0, 0.05) is 25.7 Å². The van der Waals surface area contributed by atoms with Gasteiger partial charge in [0.15, 0.2) is 0 Å². The van der Waals surface area contributed by atoms with E-state index in [2.05, 4.69) is 0 Å². The van der Waals surface area contributed by atoms with Gasteiger partial charge in [0.25, 0.3) is 0 Å². The molecule has 78 valence electrons. The predicted molar refractivity (Wildman–Crippen MR) is 49.9 cm³/mol. The van der Waals surface area contributed by atoms with Gasteiger partial charge >= 0.3 is 0 Å². The molecule has 1 saturated heterocycles. The molecule has 13 heavy (non-hydrogen) atoms. The van der Waals surface area contributed by atoms with Crippen LogP contribution in [-0.4, -0.2) is 68.3 Å². The monoisotopic (exact) mass is 208 g/mol. The second-order valence-electron chi connectivity index (χ2n) is 3.44. The summed E-state index contributed by atoms with van der Waals surface area (Å²) in [5, 5.41) is 8.66. The van der Waals surface area contributed by atoms with E-state index in [-0.39, 0.29) is 12.6 Å². The van der Waals surface area contributed by atoms with Crippen LogP contribution in [0.2, 0.25) is 0 Å². The van der Waals surface area contributed by atoms with E-state index in [9.17, 15) is 8.42 Å². The number of nitrogens with zero attached hydrogens (tertiary/aromatic N) is 2. The molecule has 6 heteroatoms. The van der Waals surface area contributed by atoms with Crippen molar-refractivity contribution in [3.8, 4) is 0 Å². The number of rotatable bonds is 4. The van der Waals surface area contributed by atoms with E-state index in [1.54, 1.807) is 0 Å². The van der Waals surface area contributed by atoms with Crippen molar-refractivity contribution in [2.75, 3.05) is 39.5 Å². The molecule has 0 spiro atoms. The highest BCUT2D eigenvalue weighted by atomic mass is 32.2. The highest BCUT2D eigenvalue weighted by molar-refractivity contribution is 7.88. The quantitative estimate of drug-likeness (QED) is 0.614. The summed E-state index contributed by atoms with van der Waals surface area (Å²) in [5.74, 6) is 0. The average molecular weight is 208 g/mol. The van der Waals surface area contributed by atoms with Gasteiger partial charge in [-0.05, 0) is 7.05 Å². The van der Waals surface area contributed by atoms with E-state index >= 15 is 0 Å². The Morgan fingerprint density at radius 2 is 2.08 bits per heavy atom. The van der Waals surface area contributed by atoms with Gasteiger partial charge in [-0.1, -0.05) is 0 Å². The maximum atomic E-state index is 11.0. The van der Waals surface area contributed by atoms with Crippen molar-refractivity contribution < 1.29 is 13.5 Å². The smallest absolute Gasteiger partial charge is 0.211 e. The van der Waals surface area contributed by atoms with Gasteiger partial charge in [-0.15, -0.1) is 0 Å². The number of aliphatic hydroxyl groups is 1. The molecule has 0 aromatic carbocycles. The van der Waals surface area contributed by atoms with Gasteiger partial charge in [-0.3, -0.25) is 4.90 Å². The van der Waals surface area contributed by atoms with Crippen LogP contribution in [0.25, 0.3) is 0 Å². The molecule has 1 N–H and O–H groups in total. The molecule has 0 radical (unpaired) electrons. The molecular weight excluding hydrogens is 192 g/mol. The molecule has 0 amide bonds. The predicted octanol–water partition coefficient (Wildman–Crippen LogP) is -1.45. The number of sulfonamides is 1. The summed E-state index contributed by atoms with van der Waals surface area (Å²) >= 11 is 0. The number of hydrogen-bond donors (Lipinski definition) is 1. The van der Waals surface area contributed by atoms with E-state index in [1.165, 1.54) is 10.6 Å². The Kier molecular flexibility index (Phi) is 3.28. The molecule has 1 heterocycles. The fourth-order valence-corrected chi connectivity index (χ4v) is 2.19. The molecule has 0 aromatic rings. The van der Waals surface area contributed by atoms with Crippen molar-refractivity contribution in [2.24, 2.45) is 0 Å². The van der Waals surface area contributed by atoms with Crippen molar-refractivity contribution in [1.82, 2.24) is 9.21 Å². The van der Waals surface area contributed by atoms with E-state index in [4.69, 9.17) is 5.11 Å². The lowest BCUT2D eigenvalue weighted by molar-refractivity contribution is 0.0938. The van der Waals surface area contributed by atoms with E-state index < -0.39 is 10.0 Å². The Morgan fingerprint density at radius 1 is 1.54 bits per heavy atom. The zero-order valence-corrected chi connectivity index (χ0v) is 8.79. The Hall–Kier alpha value is -0.170. The largest absolute Gasteiger partial charge is 0.395 e. The van der Waals surface area contributed by atoms with Crippen molar-refractivity contribution in [2.45, 2.75) is 6.04 Å². The molecular formula is C7H16N2O3S. The highest BCUT2D eigenvalue weighted by Crippen LogP contribution is 2.16. The van der Waals surface area contributed by atoms with Crippen LogP contribution in [-0.2, 0) is 10.0 Å². The first-order valence-electron chi connectivity index (χ1n) is 4.21. The molecule has 1 fully saturated rings. The van der Waals surface area contributed by atoms with Crippen molar-refractivity contribution in [1.29, 1.82) is 0 Å². The first-order chi connectivity index (χ1) is 5.95. The summed E-state index contributed by atoms with van der Waals surface area (Å²) in [5.41, 5.74) is 0. The van der Waals surface area contributed by atoms with Crippen LogP contribution in [0.5, 0.6) is 0 Å². The maximum absolute atomic E-state index is 11.0. The van der Waals surface area contributed by atoms with E-state index in [0.717, 1.165) is 0 Å². The normalized spacial score (nSPS) is 20.6. The molecule has 0 saturated carbocycles. The molecule has 1 rings (SSSR count). The summed E-state index contributed by atoms with van der Waals surface area (Å²) in [4.78, 5) is 1.97. The Morgan fingerprint density at radius 3 is 2.46 bits per heavy atom. The summed E-state index contributed by atoms with van der Waals surface area (Å²) in [6.07, 6.45) is 1.22. The van der Waals surface area contributed by atoms with Gasteiger partial charge < -0.3 is 5.11 Å². The first kappa shape index (κ1) is 10.9. The maximum Gasteiger partial charge on any atom is 0.211 e. The molecule has 0 unspecified atom stereocenters. The lowest BCUT2D eigenvalue weighted by Gasteiger charge is -2.42. The second-order valence-corrected chi connectivity index (χ2v) is 5.42. The molecule has 0 bridgehead atoms. The van der Waals surface area contributed by atoms with E-state index in [0.29, 0.717) is 19.6 Å². The minimum atomic E-state index is -3.00. The molecule has 5 nitrogen and oxygen atoms in total. The minimum Gasteiger partial charge on any atom is -0.395 e. The summed E-state index contributed by atoms with van der Waals surface area (Å²) in [6.45, 7) is 1.82. The number of likely N-dealkylation sites (N-methyl/N-ethyl adjacent to an activating group) is 1. The molecule has 0 aromatic heterocycles. The molecule has 1 aliphatic rings. The van der Waals surface area contributed by atoms with Gasteiger partial charge in [0.05, 0.1) is 12.9 Å². The van der Waals surface area contributed by atoms with Crippen LogP contribution < -0.4 is 0 Å². The summed E-state index contributed by atoms with van der Waals surface area (Å²) in [7, 11) is -1.11.